The molecule has 5 nitrogen and oxygen atoms in total. The molecule has 3 N–H and O–H groups in total. The quantitative estimate of drug-likeness (QED) is 0.423. The van der Waals surface area contributed by atoms with Gasteiger partial charge < -0.3 is 15.1 Å². The van der Waals surface area contributed by atoms with Crippen molar-refractivity contribution in [3.63, 3.8) is 0 Å². The van der Waals surface area contributed by atoms with E-state index in [2.05, 4.69) is 15.3 Å². The molecule has 0 bridgehead atoms. The second kappa shape index (κ2) is 5.84. The molecule has 1 fully saturated rings. The van der Waals surface area contributed by atoms with Crippen LogP contribution in [-0.2, 0) is 4.74 Å². The number of nitrogens with two attached hydrogens (primary N) is 1. The Morgan fingerprint density at radius 3 is 3.06 bits per heavy atom. The number of aromatic nitrogens is 1. The lowest BCUT2D eigenvalue weighted by Gasteiger charge is -2.18. The van der Waals surface area contributed by atoms with E-state index in [9.17, 15) is 0 Å². The second-order valence-electron chi connectivity index (χ2n) is 4.47. The standard InChI is InChI=1S/C12H20N4O/c1-16(7-8-17-9-10-5-6-10)12-4-2-3-11(14-12)15-13/h2-4,10H,5-9,13H2,1H3,(H,14,15). The molecule has 5 heteroatoms. The SMILES string of the molecule is CN(CCOCC1CC1)c1cccc(NN)n1. The Bertz CT molecular complexity index is 354. The van der Waals surface area contributed by atoms with Crippen LogP contribution in [0.3, 0.4) is 0 Å². The van der Waals surface area contributed by atoms with Gasteiger partial charge in [-0.05, 0) is 30.9 Å². The number of likely N-dealkylation sites (N-methyl/N-ethyl adjacent to an activating group) is 1. The number of nitrogens with zero attached hydrogens (tertiary/aromatic N) is 2. The van der Waals surface area contributed by atoms with Gasteiger partial charge >= 0.3 is 0 Å². The molecule has 2 rings (SSSR count). The van der Waals surface area contributed by atoms with Crippen LogP contribution in [0.2, 0.25) is 0 Å². The lowest BCUT2D eigenvalue weighted by molar-refractivity contribution is 0.131. The lowest BCUT2D eigenvalue weighted by Crippen LogP contribution is -2.24. The molecule has 0 radical (unpaired) electrons. The molecular formula is C12H20N4O. The molecule has 1 aromatic rings. The number of rotatable bonds is 7. The van der Waals surface area contributed by atoms with Gasteiger partial charge in [0, 0.05) is 20.2 Å². The lowest BCUT2D eigenvalue weighted by atomic mass is 10.4. The molecule has 94 valence electrons. The maximum absolute atomic E-state index is 5.60. The summed E-state index contributed by atoms with van der Waals surface area (Å²) in [7, 11) is 2.00. The van der Waals surface area contributed by atoms with Crippen LogP contribution < -0.4 is 16.2 Å². The first-order chi connectivity index (χ1) is 8.29. The van der Waals surface area contributed by atoms with Gasteiger partial charge in [-0.25, -0.2) is 10.8 Å². The zero-order chi connectivity index (χ0) is 12.1. The van der Waals surface area contributed by atoms with Gasteiger partial charge in [0.25, 0.3) is 0 Å². The highest BCUT2D eigenvalue weighted by Crippen LogP contribution is 2.28. The van der Waals surface area contributed by atoms with Crippen LogP contribution in [0.1, 0.15) is 12.8 Å². The number of anilines is 2. The summed E-state index contributed by atoms with van der Waals surface area (Å²) in [5.74, 6) is 7.72. The van der Waals surface area contributed by atoms with Crippen molar-refractivity contribution >= 4 is 11.6 Å². The smallest absolute Gasteiger partial charge is 0.142 e. The van der Waals surface area contributed by atoms with E-state index in [-0.39, 0.29) is 0 Å². The third-order valence-electron chi connectivity index (χ3n) is 2.89. The Morgan fingerprint density at radius 2 is 2.35 bits per heavy atom. The van der Waals surface area contributed by atoms with Gasteiger partial charge in [0.2, 0.25) is 0 Å². The molecule has 0 amide bonds. The normalized spacial score (nSPS) is 14.7. The number of pyridine rings is 1. The molecule has 1 aliphatic rings. The average molecular weight is 236 g/mol. The molecule has 0 saturated heterocycles. The van der Waals surface area contributed by atoms with Gasteiger partial charge in [-0.1, -0.05) is 6.07 Å². The number of hydrazine groups is 1. The molecule has 1 aliphatic carbocycles. The molecule has 17 heavy (non-hydrogen) atoms. The van der Waals surface area contributed by atoms with Crippen molar-refractivity contribution in [2.75, 3.05) is 37.1 Å². The summed E-state index contributed by atoms with van der Waals surface area (Å²) in [6.45, 7) is 2.49. The fourth-order valence-electron chi connectivity index (χ4n) is 1.57. The first kappa shape index (κ1) is 12.1. The number of nitrogen functional groups attached to an aromatic ring is 1. The van der Waals surface area contributed by atoms with E-state index in [0.717, 1.165) is 31.5 Å². The first-order valence-corrected chi connectivity index (χ1v) is 6.02. The number of nitrogens with one attached hydrogen (secondary N) is 1. The van der Waals surface area contributed by atoms with E-state index >= 15 is 0 Å². The number of hydrogen-bond donors (Lipinski definition) is 2. The molecule has 0 unspecified atom stereocenters. The summed E-state index contributed by atoms with van der Waals surface area (Å²) in [6, 6.07) is 5.72. The monoisotopic (exact) mass is 236 g/mol. The molecule has 0 atom stereocenters. The molecule has 1 heterocycles. The Kier molecular flexibility index (Phi) is 4.17. The van der Waals surface area contributed by atoms with Crippen LogP contribution in [0, 0.1) is 5.92 Å². The average Bonchev–Trinajstić information content (AvgIpc) is 3.18. The van der Waals surface area contributed by atoms with E-state index in [1.54, 1.807) is 0 Å². The van der Waals surface area contributed by atoms with Crippen LogP contribution in [0.5, 0.6) is 0 Å². The van der Waals surface area contributed by atoms with Crippen molar-refractivity contribution in [2.24, 2.45) is 11.8 Å². The van der Waals surface area contributed by atoms with Crippen LogP contribution in [-0.4, -0.2) is 31.8 Å². The maximum Gasteiger partial charge on any atom is 0.142 e. The van der Waals surface area contributed by atoms with E-state index in [1.165, 1.54) is 12.8 Å². The number of hydrogen-bond acceptors (Lipinski definition) is 5. The van der Waals surface area contributed by atoms with Crippen LogP contribution in [0.25, 0.3) is 0 Å². The third kappa shape index (κ3) is 3.87. The summed E-state index contributed by atoms with van der Waals surface area (Å²) in [6.07, 6.45) is 2.67. The molecule has 0 spiro atoms. The van der Waals surface area contributed by atoms with Gasteiger partial charge in [-0.2, -0.15) is 0 Å². The minimum atomic E-state index is 0.674. The van der Waals surface area contributed by atoms with Gasteiger partial charge in [-0.3, -0.25) is 0 Å². The predicted molar refractivity (Wildman–Crippen MR) is 68.9 cm³/mol. The van der Waals surface area contributed by atoms with Crippen LogP contribution in [0.15, 0.2) is 18.2 Å². The Balaban J connectivity index is 1.74. The summed E-state index contributed by atoms with van der Waals surface area (Å²) in [5.41, 5.74) is 2.54. The molecule has 0 aliphatic heterocycles. The highest BCUT2D eigenvalue weighted by Gasteiger charge is 2.20. The highest BCUT2D eigenvalue weighted by atomic mass is 16.5. The van der Waals surface area contributed by atoms with E-state index < -0.39 is 0 Å². The second-order valence-corrected chi connectivity index (χ2v) is 4.47. The molecular weight excluding hydrogens is 216 g/mol. The van der Waals surface area contributed by atoms with Gasteiger partial charge in [-0.15, -0.1) is 0 Å². The third-order valence-corrected chi connectivity index (χ3v) is 2.89. The van der Waals surface area contributed by atoms with Gasteiger partial charge in [0.05, 0.1) is 6.61 Å². The van der Waals surface area contributed by atoms with Crippen molar-refractivity contribution in [3.05, 3.63) is 18.2 Å². The summed E-state index contributed by atoms with van der Waals surface area (Å²) < 4.78 is 5.60. The van der Waals surface area contributed by atoms with E-state index in [0.29, 0.717) is 5.82 Å². The summed E-state index contributed by atoms with van der Waals surface area (Å²) in [4.78, 5) is 6.41. The van der Waals surface area contributed by atoms with Crippen molar-refractivity contribution in [1.82, 2.24) is 4.98 Å². The zero-order valence-corrected chi connectivity index (χ0v) is 10.2. The van der Waals surface area contributed by atoms with Crippen molar-refractivity contribution in [3.8, 4) is 0 Å². The number of ether oxygens (including phenoxy) is 1. The fourth-order valence-corrected chi connectivity index (χ4v) is 1.57. The van der Waals surface area contributed by atoms with Gasteiger partial charge in [0.15, 0.2) is 0 Å². The van der Waals surface area contributed by atoms with Crippen LogP contribution >= 0.6 is 0 Å². The van der Waals surface area contributed by atoms with Crippen LogP contribution in [0.4, 0.5) is 11.6 Å². The van der Waals surface area contributed by atoms with Crippen molar-refractivity contribution < 1.29 is 4.74 Å². The van der Waals surface area contributed by atoms with Crippen molar-refractivity contribution in [1.29, 1.82) is 0 Å². The summed E-state index contributed by atoms with van der Waals surface area (Å²) >= 11 is 0. The van der Waals surface area contributed by atoms with Gasteiger partial charge in [0.1, 0.15) is 11.6 Å². The maximum atomic E-state index is 5.60. The van der Waals surface area contributed by atoms with E-state index in [4.69, 9.17) is 10.6 Å². The molecule has 1 aromatic heterocycles. The first-order valence-electron chi connectivity index (χ1n) is 6.02. The topological polar surface area (TPSA) is 63.4 Å². The Hall–Kier alpha value is -1.33. The predicted octanol–water partition coefficient (Wildman–Crippen LogP) is 1.23. The minimum Gasteiger partial charge on any atom is -0.379 e. The molecule has 1 saturated carbocycles. The minimum absolute atomic E-state index is 0.674. The Morgan fingerprint density at radius 1 is 1.53 bits per heavy atom. The Labute approximate surface area is 102 Å². The summed E-state index contributed by atoms with van der Waals surface area (Å²) in [5, 5.41) is 0. The van der Waals surface area contributed by atoms with E-state index in [1.807, 2.05) is 25.2 Å². The fraction of sp³-hybridized carbons (Fsp3) is 0.583. The zero-order valence-electron chi connectivity index (χ0n) is 10.2. The largest absolute Gasteiger partial charge is 0.379 e. The molecule has 0 aromatic carbocycles. The van der Waals surface area contributed by atoms with Crippen molar-refractivity contribution in [2.45, 2.75) is 12.8 Å². The highest BCUT2D eigenvalue weighted by molar-refractivity contribution is 5.45.